The summed E-state index contributed by atoms with van der Waals surface area (Å²) in [6, 6.07) is 0. The number of nitrogens with zero attached hydrogens (tertiary/aromatic N) is 2. The average Bonchev–Trinajstić information content (AvgIpc) is 2.47. The van der Waals surface area contributed by atoms with Crippen molar-refractivity contribution in [3.63, 3.8) is 0 Å². The van der Waals surface area contributed by atoms with Crippen molar-refractivity contribution in [2.24, 2.45) is 7.05 Å². The summed E-state index contributed by atoms with van der Waals surface area (Å²) in [5.41, 5.74) is 0. The van der Waals surface area contributed by atoms with Crippen molar-refractivity contribution in [1.29, 1.82) is 0 Å². The number of imidazole rings is 1. The summed E-state index contributed by atoms with van der Waals surface area (Å²) < 4.78 is 6.84. The predicted octanol–water partition coefficient (Wildman–Crippen LogP) is 0.582. The first kappa shape index (κ1) is 9.73. The van der Waals surface area contributed by atoms with Crippen molar-refractivity contribution in [1.82, 2.24) is 9.55 Å². The van der Waals surface area contributed by atoms with E-state index in [1.165, 1.54) is 0 Å². The Kier molecular flexibility index (Phi) is 3.02. The maximum atomic E-state index is 10.2. The molecule has 0 unspecified atom stereocenters. The number of hydrogen-bond donors (Lipinski definition) is 1. The van der Waals surface area contributed by atoms with Gasteiger partial charge in [-0.25, -0.2) is 9.78 Å². The second-order valence-corrected chi connectivity index (χ2v) is 2.74. The number of aryl methyl sites for hydroxylation is 1. The largest absolute Gasteiger partial charge is 0.480 e. The number of ether oxygens (including phenoxy) is 1. The van der Waals surface area contributed by atoms with Gasteiger partial charge in [-0.15, -0.1) is 0 Å². The first-order valence-electron chi connectivity index (χ1n) is 3.92. The molecule has 1 heterocycles. The monoisotopic (exact) mass is 184 g/mol. The van der Waals surface area contributed by atoms with Crippen molar-refractivity contribution in [3.05, 3.63) is 18.2 Å². The molecule has 0 radical (unpaired) electrons. The second kappa shape index (κ2) is 4.04. The summed E-state index contributed by atoms with van der Waals surface area (Å²) in [7, 11) is 1.84. The first-order chi connectivity index (χ1) is 6.11. The first-order valence-corrected chi connectivity index (χ1v) is 3.92. The molecular weight excluding hydrogens is 172 g/mol. The van der Waals surface area contributed by atoms with E-state index in [0.717, 1.165) is 5.82 Å². The topological polar surface area (TPSA) is 64.3 Å². The minimum atomic E-state index is -0.971. The SMILES string of the molecule is C[C@@H](OCC(=O)O)c1nccn1C. The van der Waals surface area contributed by atoms with Gasteiger partial charge in [0, 0.05) is 19.4 Å². The molecule has 0 aliphatic carbocycles. The van der Waals surface area contributed by atoms with Crippen LogP contribution in [0.1, 0.15) is 18.9 Å². The highest BCUT2D eigenvalue weighted by atomic mass is 16.5. The van der Waals surface area contributed by atoms with Crippen LogP contribution in [0.2, 0.25) is 0 Å². The number of aromatic nitrogens is 2. The molecule has 1 aromatic heterocycles. The van der Waals surface area contributed by atoms with Crippen molar-refractivity contribution < 1.29 is 14.6 Å². The van der Waals surface area contributed by atoms with Gasteiger partial charge in [0.15, 0.2) is 0 Å². The fourth-order valence-corrected chi connectivity index (χ4v) is 1.04. The van der Waals surface area contributed by atoms with E-state index in [4.69, 9.17) is 9.84 Å². The summed E-state index contributed by atoms with van der Waals surface area (Å²) in [4.78, 5) is 14.2. The van der Waals surface area contributed by atoms with Crippen molar-refractivity contribution >= 4 is 5.97 Å². The van der Waals surface area contributed by atoms with Crippen molar-refractivity contribution in [2.75, 3.05) is 6.61 Å². The molecular formula is C8H12N2O3. The van der Waals surface area contributed by atoms with E-state index >= 15 is 0 Å². The van der Waals surface area contributed by atoms with Gasteiger partial charge >= 0.3 is 5.97 Å². The maximum absolute atomic E-state index is 10.2. The molecule has 1 atom stereocenters. The summed E-state index contributed by atoms with van der Waals surface area (Å²) in [6.45, 7) is 1.47. The molecule has 0 amide bonds. The van der Waals surface area contributed by atoms with E-state index in [1.807, 2.05) is 7.05 Å². The Morgan fingerprint density at radius 1 is 1.85 bits per heavy atom. The van der Waals surface area contributed by atoms with E-state index in [9.17, 15) is 4.79 Å². The Morgan fingerprint density at radius 2 is 2.54 bits per heavy atom. The van der Waals surface area contributed by atoms with Crippen molar-refractivity contribution in [3.8, 4) is 0 Å². The van der Waals surface area contributed by atoms with Crippen LogP contribution in [0.4, 0.5) is 0 Å². The van der Waals surface area contributed by atoms with Crippen LogP contribution in [0.25, 0.3) is 0 Å². The van der Waals surface area contributed by atoms with Crippen LogP contribution in [-0.2, 0) is 16.6 Å². The van der Waals surface area contributed by atoms with Gasteiger partial charge in [-0.3, -0.25) is 0 Å². The smallest absolute Gasteiger partial charge is 0.329 e. The number of aliphatic carboxylic acids is 1. The Hall–Kier alpha value is -1.36. The molecule has 1 N–H and O–H groups in total. The highest BCUT2D eigenvalue weighted by molar-refractivity contribution is 5.68. The van der Waals surface area contributed by atoms with Crippen LogP contribution in [0.5, 0.6) is 0 Å². The van der Waals surface area contributed by atoms with Crippen LogP contribution in [0, 0.1) is 0 Å². The molecule has 0 bridgehead atoms. The van der Waals surface area contributed by atoms with Gasteiger partial charge in [-0.05, 0) is 6.92 Å². The number of hydrogen-bond acceptors (Lipinski definition) is 3. The van der Waals surface area contributed by atoms with Gasteiger partial charge < -0.3 is 14.4 Å². The number of rotatable bonds is 4. The Morgan fingerprint density at radius 3 is 3.00 bits per heavy atom. The molecule has 0 fully saturated rings. The summed E-state index contributed by atoms with van der Waals surface area (Å²) in [5, 5.41) is 8.38. The van der Waals surface area contributed by atoms with Crippen LogP contribution in [0.15, 0.2) is 12.4 Å². The Bertz CT molecular complexity index is 295. The summed E-state index contributed by atoms with van der Waals surface area (Å²) in [5.74, 6) is -0.248. The second-order valence-electron chi connectivity index (χ2n) is 2.74. The fraction of sp³-hybridized carbons (Fsp3) is 0.500. The van der Waals surface area contributed by atoms with E-state index in [-0.39, 0.29) is 12.7 Å². The van der Waals surface area contributed by atoms with Gasteiger partial charge in [0.25, 0.3) is 0 Å². The standard InChI is InChI=1S/C8H12N2O3/c1-6(13-5-7(11)12)8-9-3-4-10(8)2/h3-4,6H,5H2,1-2H3,(H,11,12)/t6-/m1/s1. The predicted molar refractivity (Wildman–Crippen MR) is 45.2 cm³/mol. The fourth-order valence-electron chi connectivity index (χ4n) is 1.04. The molecule has 0 spiro atoms. The highest BCUT2D eigenvalue weighted by Crippen LogP contribution is 2.12. The van der Waals surface area contributed by atoms with Gasteiger partial charge in [0.1, 0.15) is 18.5 Å². The molecule has 0 saturated heterocycles. The third-order valence-electron chi connectivity index (χ3n) is 1.68. The van der Waals surface area contributed by atoms with Crippen LogP contribution < -0.4 is 0 Å². The minimum absolute atomic E-state index is 0.295. The quantitative estimate of drug-likeness (QED) is 0.743. The van der Waals surface area contributed by atoms with Crippen molar-refractivity contribution in [2.45, 2.75) is 13.0 Å². The third kappa shape index (κ3) is 2.55. The van der Waals surface area contributed by atoms with Gasteiger partial charge in [-0.1, -0.05) is 0 Å². The molecule has 0 aliphatic heterocycles. The number of carboxylic acid groups (broad SMARTS) is 1. The van der Waals surface area contributed by atoms with Crippen LogP contribution in [0.3, 0.4) is 0 Å². The van der Waals surface area contributed by atoms with Gasteiger partial charge in [0.05, 0.1) is 0 Å². The zero-order valence-corrected chi connectivity index (χ0v) is 7.60. The molecule has 13 heavy (non-hydrogen) atoms. The number of carbonyl (C=O) groups is 1. The molecule has 0 saturated carbocycles. The van der Waals surface area contributed by atoms with E-state index < -0.39 is 5.97 Å². The lowest BCUT2D eigenvalue weighted by atomic mass is 10.4. The molecule has 1 aromatic rings. The van der Waals surface area contributed by atoms with E-state index in [0.29, 0.717) is 0 Å². The Balaban J connectivity index is 2.53. The summed E-state index contributed by atoms with van der Waals surface area (Å²) in [6.07, 6.45) is 3.14. The maximum Gasteiger partial charge on any atom is 0.329 e. The summed E-state index contributed by atoms with van der Waals surface area (Å²) >= 11 is 0. The molecule has 5 nitrogen and oxygen atoms in total. The number of carboxylic acids is 1. The highest BCUT2D eigenvalue weighted by Gasteiger charge is 2.11. The normalized spacial score (nSPS) is 12.8. The lowest BCUT2D eigenvalue weighted by molar-refractivity contribution is -0.144. The average molecular weight is 184 g/mol. The molecule has 5 heteroatoms. The molecule has 1 rings (SSSR count). The zero-order chi connectivity index (χ0) is 9.84. The molecule has 0 aromatic carbocycles. The van der Waals surface area contributed by atoms with E-state index in [1.54, 1.807) is 23.9 Å². The van der Waals surface area contributed by atoms with Crippen LogP contribution >= 0.6 is 0 Å². The van der Waals surface area contributed by atoms with Gasteiger partial charge in [0.2, 0.25) is 0 Å². The Labute approximate surface area is 76.0 Å². The van der Waals surface area contributed by atoms with E-state index in [2.05, 4.69) is 4.98 Å². The zero-order valence-electron chi connectivity index (χ0n) is 7.60. The lowest BCUT2D eigenvalue weighted by Gasteiger charge is -2.10. The third-order valence-corrected chi connectivity index (χ3v) is 1.68. The molecule has 72 valence electrons. The van der Waals surface area contributed by atoms with Crippen LogP contribution in [-0.4, -0.2) is 27.2 Å². The molecule has 0 aliphatic rings. The minimum Gasteiger partial charge on any atom is -0.480 e. The lowest BCUT2D eigenvalue weighted by Crippen LogP contribution is -2.12. The van der Waals surface area contributed by atoms with Gasteiger partial charge in [-0.2, -0.15) is 0 Å².